The zero-order valence-corrected chi connectivity index (χ0v) is 13.0. The number of carbonyl (C=O) groups is 1. The monoisotopic (exact) mass is 347 g/mol. The van der Waals surface area contributed by atoms with E-state index >= 15 is 0 Å². The molecule has 0 bridgehead atoms. The zero-order valence-electron chi connectivity index (χ0n) is 13.0. The van der Waals surface area contributed by atoms with E-state index in [-0.39, 0.29) is 11.4 Å². The Morgan fingerprint density at radius 3 is 2.24 bits per heavy atom. The second-order valence-electron chi connectivity index (χ2n) is 5.10. The first-order chi connectivity index (χ1) is 12.0. The lowest BCUT2D eigenvalue weighted by molar-refractivity contribution is 0.0997. The van der Waals surface area contributed by atoms with E-state index in [9.17, 15) is 18.0 Å². The van der Waals surface area contributed by atoms with Crippen LogP contribution in [0, 0.1) is 17.5 Å². The number of rotatable bonds is 4. The number of benzene rings is 2. The number of hydrogen-bond donors (Lipinski definition) is 1. The van der Waals surface area contributed by atoms with Crippen LogP contribution in [0.15, 0.2) is 52.9 Å². The summed E-state index contributed by atoms with van der Waals surface area (Å²) in [6.07, 6.45) is 0. The van der Waals surface area contributed by atoms with Gasteiger partial charge in [-0.25, -0.2) is 13.2 Å². The van der Waals surface area contributed by atoms with Gasteiger partial charge in [0.2, 0.25) is 0 Å². The maximum absolute atomic E-state index is 13.7. The fraction of sp³-hybridized carbons (Fsp3) is 0.0556. The normalized spacial score (nSPS) is 10.6. The van der Waals surface area contributed by atoms with Crippen LogP contribution in [0.4, 0.5) is 18.9 Å². The van der Waals surface area contributed by atoms with E-state index in [2.05, 4.69) is 10.1 Å². The van der Waals surface area contributed by atoms with Crippen molar-refractivity contribution in [1.82, 2.24) is 0 Å². The molecule has 2 aromatic carbocycles. The Balaban J connectivity index is 1.79. The van der Waals surface area contributed by atoms with E-state index in [1.165, 1.54) is 36.4 Å². The molecule has 1 aromatic heterocycles. The molecule has 3 aromatic rings. The number of hydrogen-bond acceptors (Lipinski definition) is 3. The molecule has 4 nitrogen and oxygen atoms in total. The molecule has 0 unspecified atom stereocenters. The van der Waals surface area contributed by atoms with Gasteiger partial charge in [-0.1, -0.05) is 0 Å². The van der Waals surface area contributed by atoms with Crippen LogP contribution >= 0.6 is 0 Å². The van der Waals surface area contributed by atoms with Gasteiger partial charge in [0.1, 0.15) is 11.6 Å². The smallest absolute Gasteiger partial charge is 0.291 e. The number of ether oxygens (including phenoxy) is 1. The van der Waals surface area contributed by atoms with Crippen molar-refractivity contribution in [3.63, 3.8) is 0 Å². The molecule has 0 radical (unpaired) electrons. The minimum atomic E-state index is -0.941. The number of amides is 1. The third kappa shape index (κ3) is 3.50. The van der Waals surface area contributed by atoms with Crippen molar-refractivity contribution in [3.05, 3.63) is 71.7 Å². The van der Waals surface area contributed by atoms with E-state index in [4.69, 9.17) is 4.42 Å². The Bertz CT molecular complexity index is 897. The van der Waals surface area contributed by atoms with Crippen LogP contribution in [0.2, 0.25) is 0 Å². The van der Waals surface area contributed by atoms with Gasteiger partial charge in [-0.05, 0) is 36.4 Å². The van der Waals surface area contributed by atoms with Gasteiger partial charge in [0.25, 0.3) is 5.91 Å². The summed E-state index contributed by atoms with van der Waals surface area (Å²) in [5.74, 6) is -3.19. The van der Waals surface area contributed by atoms with Crippen molar-refractivity contribution in [2.75, 3.05) is 12.4 Å². The number of carbonyl (C=O) groups excluding carboxylic acids is 1. The summed E-state index contributed by atoms with van der Waals surface area (Å²) in [6, 6.07) is 10.4. The molecule has 1 heterocycles. The van der Waals surface area contributed by atoms with Crippen LogP contribution in [0.5, 0.6) is 5.75 Å². The minimum absolute atomic E-state index is 0.0593. The molecule has 25 heavy (non-hydrogen) atoms. The minimum Gasteiger partial charge on any atom is -0.491 e. The molecule has 0 aliphatic carbocycles. The van der Waals surface area contributed by atoms with Crippen molar-refractivity contribution < 1.29 is 27.1 Å². The maximum Gasteiger partial charge on any atom is 0.291 e. The fourth-order valence-electron chi connectivity index (χ4n) is 2.25. The molecule has 7 heteroatoms. The molecule has 1 N–H and O–H groups in total. The standard InChI is InChI=1S/C18H12F3NO3/c1-24-17-13(20)8-12(9-14(17)21)22-18(23)16-7-6-15(25-16)10-2-4-11(19)5-3-10/h2-9H,1H3,(H,22,23). The summed E-state index contributed by atoms with van der Waals surface area (Å²) in [6.45, 7) is 0. The molecule has 128 valence electrons. The average Bonchev–Trinajstić information content (AvgIpc) is 3.05. The third-order valence-corrected chi connectivity index (χ3v) is 3.42. The first-order valence-corrected chi connectivity index (χ1v) is 7.18. The first-order valence-electron chi connectivity index (χ1n) is 7.18. The van der Waals surface area contributed by atoms with Crippen molar-refractivity contribution in [3.8, 4) is 17.1 Å². The Kier molecular flexibility index (Phi) is 4.47. The first kappa shape index (κ1) is 16.6. The average molecular weight is 347 g/mol. The highest BCUT2D eigenvalue weighted by molar-refractivity contribution is 6.02. The quantitative estimate of drug-likeness (QED) is 0.749. The Morgan fingerprint density at radius 1 is 1.00 bits per heavy atom. The van der Waals surface area contributed by atoms with Gasteiger partial charge >= 0.3 is 0 Å². The van der Waals surface area contributed by atoms with E-state index < -0.39 is 29.1 Å². The lowest BCUT2D eigenvalue weighted by Crippen LogP contribution is -2.11. The van der Waals surface area contributed by atoms with Crippen molar-refractivity contribution in [2.45, 2.75) is 0 Å². The van der Waals surface area contributed by atoms with Crippen molar-refractivity contribution in [1.29, 1.82) is 0 Å². The molecular weight excluding hydrogens is 335 g/mol. The topological polar surface area (TPSA) is 51.5 Å². The van der Waals surface area contributed by atoms with E-state index in [0.29, 0.717) is 11.3 Å². The predicted molar refractivity (Wildman–Crippen MR) is 85.0 cm³/mol. The molecule has 0 saturated heterocycles. The van der Waals surface area contributed by atoms with Gasteiger partial charge in [-0.3, -0.25) is 4.79 Å². The van der Waals surface area contributed by atoms with Crippen LogP contribution in [0.25, 0.3) is 11.3 Å². The number of nitrogens with one attached hydrogen (secondary N) is 1. The number of halogens is 3. The number of anilines is 1. The highest BCUT2D eigenvalue weighted by Crippen LogP contribution is 2.26. The molecule has 0 fully saturated rings. The van der Waals surface area contributed by atoms with E-state index in [1.54, 1.807) is 0 Å². The summed E-state index contributed by atoms with van der Waals surface area (Å²) in [7, 11) is 1.14. The second kappa shape index (κ2) is 6.72. The van der Waals surface area contributed by atoms with Gasteiger partial charge in [-0.2, -0.15) is 0 Å². The van der Waals surface area contributed by atoms with Crippen molar-refractivity contribution >= 4 is 11.6 Å². The summed E-state index contributed by atoms with van der Waals surface area (Å²) in [4.78, 5) is 12.1. The van der Waals surface area contributed by atoms with Crippen LogP contribution < -0.4 is 10.1 Å². The molecule has 0 atom stereocenters. The van der Waals surface area contributed by atoms with Gasteiger partial charge in [-0.15, -0.1) is 0 Å². The molecule has 0 aliphatic rings. The summed E-state index contributed by atoms with van der Waals surface area (Å²) in [5.41, 5.74) is 0.502. The second-order valence-corrected chi connectivity index (χ2v) is 5.10. The predicted octanol–water partition coefficient (Wildman–Crippen LogP) is 4.62. The van der Waals surface area contributed by atoms with Crippen molar-refractivity contribution in [2.24, 2.45) is 0 Å². The molecule has 0 spiro atoms. The maximum atomic E-state index is 13.7. The zero-order chi connectivity index (χ0) is 18.0. The Hall–Kier alpha value is -3.22. The van der Waals surface area contributed by atoms with E-state index in [0.717, 1.165) is 19.2 Å². The van der Waals surface area contributed by atoms with Crippen LogP contribution in [0.1, 0.15) is 10.6 Å². The van der Waals surface area contributed by atoms with Gasteiger partial charge in [0, 0.05) is 23.4 Å². The number of furan rings is 1. The molecule has 1 amide bonds. The summed E-state index contributed by atoms with van der Waals surface area (Å²) in [5, 5.41) is 2.34. The molecular formula is C18H12F3NO3. The molecule has 0 saturated carbocycles. The van der Waals surface area contributed by atoms with Gasteiger partial charge in [0.15, 0.2) is 23.1 Å². The Labute approximate surface area is 140 Å². The lowest BCUT2D eigenvalue weighted by Gasteiger charge is -2.07. The Morgan fingerprint density at radius 2 is 1.64 bits per heavy atom. The largest absolute Gasteiger partial charge is 0.491 e. The van der Waals surface area contributed by atoms with Gasteiger partial charge < -0.3 is 14.5 Å². The highest BCUT2D eigenvalue weighted by Gasteiger charge is 2.16. The molecule has 3 rings (SSSR count). The SMILES string of the molecule is COc1c(F)cc(NC(=O)c2ccc(-c3ccc(F)cc3)o2)cc1F. The summed E-state index contributed by atoms with van der Waals surface area (Å²) >= 11 is 0. The lowest BCUT2D eigenvalue weighted by atomic mass is 10.2. The third-order valence-electron chi connectivity index (χ3n) is 3.42. The van der Waals surface area contributed by atoms with Gasteiger partial charge in [0.05, 0.1) is 7.11 Å². The van der Waals surface area contributed by atoms with Crippen LogP contribution in [0.3, 0.4) is 0 Å². The van der Waals surface area contributed by atoms with Crippen LogP contribution in [-0.4, -0.2) is 13.0 Å². The summed E-state index contributed by atoms with van der Waals surface area (Å²) < 4.78 is 50.2. The molecule has 0 aliphatic heterocycles. The number of methoxy groups -OCH3 is 1. The fourth-order valence-corrected chi connectivity index (χ4v) is 2.25. The van der Waals surface area contributed by atoms with E-state index in [1.807, 2.05) is 0 Å². The van der Waals surface area contributed by atoms with Crippen LogP contribution in [-0.2, 0) is 0 Å². The highest BCUT2D eigenvalue weighted by atomic mass is 19.1.